The Morgan fingerprint density at radius 2 is 1.95 bits per heavy atom. The number of H-pyrrole nitrogens is 1. The van der Waals surface area contributed by atoms with Crippen LogP contribution in [-0.2, 0) is 0 Å². The number of aliphatic hydroxyl groups excluding tert-OH is 1. The largest absolute Gasteiger partial charge is 0.474 e. The van der Waals surface area contributed by atoms with Crippen LogP contribution in [-0.4, -0.2) is 53.3 Å². The SMILES string of the molecule is Cc1c(Nc2cc[nH]c(=O)c2C(=O)Nc2ccc(N3CCC(C(C)O)CC3)cc2)cnc2c1NCCO2. The number of amides is 1. The summed E-state index contributed by atoms with van der Waals surface area (Å²) in [5, 5.41) is 19.2. The molecule has 1 saturated heterocycles. The molecular weight excluding hydrogens is 472 g/mol. The number of anilines is 5. The van der Waals surface area contributed by atoms with Crippen LogP contribution in [0.4, 0.5) is 28.4 Å². The van der Waals surface area contributed by atoms with E-state index in [1.165, 1.54) is 6.20 Å². The third-order valence-corrected chi connectivity index (χ3v) is 7.12. The molecule has 4 heterocycles. The van der Waals surface area contributed by atoms with Crippen molar-refractivity contribution < 1.29 is 14.6 Å². The molecule has 0 bridgehead atoms. The second-order valence-electron chi connectivity index (χ2n) is 9.54. The molecule has 10 nitrogen and oxygen atoms in total. The number of aliphatic hydroxyl groups is 1. The Bertz CT molecular complexity index is 1330. The number of hydrogen-bond acceptors (Lipinski definition) is 8. The van der Waals surface area contributed by atoms with Gasteiger partial charge >= 0.3 is 0 Å². The summed E-state index contributed by atoms with van der Waals surface area (Å²) >= 11 is 0. The Hall–Kier alpha value is -4.05. The van der Waals surface area contributed by atoms with E-state index in [1.807, 2.05) is 38.1 Å². The van der Waals surface area contributed by atoms with Crippen molar-refractivity contribution in [3.05, 3.63) is 64.2 Å². The quantitative estimate of drug-likeness (QED) is 0.345. The van der Waals surface area contributed by atoms with Crippen LogP contribution in [0.1, 0.15) is 35.7 Å². The zero-order valence-corrected chi connectivity index (χ0v) is 21.0. The summed E-state index contributed by atoms with van der Waals surface area (Å²) in [4.78, 5) is 35.1. The van der Waals surface area contributed by atoms with Gasteiger partial charge in [0.05, 0.1) is 23.7 Å². The zero-order valence-electron chi connectivity index (χ0n) is 21.0. The highest BCUT2D eigenvalue weighted by atomic mass is 16.5. The molecule has 1 atom stereocenters. The molecule has 5 rings (SSSR count). The number of ether oxygens (including phenoxy) is 1. The van der Waals surface area contributed by atoms with Crippen molar-refractivity contribution in [2.75, 3.05) is 47.1 Å². The highest BCUT2D eigenvalue weighted by Gasteiger charge is 2.23. The van der Waals surface area contributed by atoms with E-state index >= 15 is 0 Å². The molecule has 3 aromatic rings. The van der Waals surface area contributed by atoms with Crippen molar-refractivity contribution in [3.8, 4) is 5.88 Å². The second kappa shape index (κ2) is 10.5. The predicted molar refractivity (Wildman–Crippen MR) is 144 cm³/mol. The van der Waals surface area contributed by atoms with Crippen LogP contribution in [0, 0.1) is 12.8 Å². The Morgan fingerprint density at radius 1 is 1.19 bits per heavy atom. The smallest absolute Gasteiger partial charge is 0.263 e. The van der Waals surface area contributed by atoms with Crippen LogP contribution in [0.5, 0.6) is 5.88 Å². The average molecular weight is 505 g/mol. The topological polar surface area (TPSA) is 132 Å². The van der Waals surface area contributed by atoms with Gasteiger partial charge in [-0.1, -0.05) is 0 Å². The van der Waals surface area contributed by atoms with E-state index in [0.717, 1.165) is 42.9 Å². The summed E-state index contributed by atoms with van der Waals surface area (Å²) in [6.07, 6.45) is 4.75. The lowest BCUT2D eigenvalue weighted by atomic mass is 9.92. The predicted octanol–water partition coefficient (Wildman–Crippen LogP) is 3.48. The van der Waals surface area contributed by atoms with Gasteiger partial charge in [0.25, 0.3) is 11.5 Å². The number of carbonyl (C=O) groups excluding carboxylic acids is 1. The molecule has 0 radical (unpaired) electrons. The Kier molecular flexibility index (Phi) is 7.00. The number of nitrogens with zero attached hydrogens (tertiary/aromatic N) is 2. The Balaban J connectivity index is 1.31. The molecule has 1 aromatic carbocycles. The minimum atomic E-state index is -0.514. The lowest BCUT2D eigenvalue weighted by Gasteiger charge is -2.34. The van der Waals surface area contributed by atoms with Gasteiger partial charge in [-0.2, -0.15) is 0 Å². The summed E-state index contributed by atoms with van der Waals surface area (Å²) in [6.45, 7) is 6.77. The molecule has 10 heteroatoms. The number of aromatic amines is 1. The van der Waals surface area contributed by atoms with Crippen molar-refractivity contribution in [1.82, 2.24) is 9.97 Å². The molecule has 1 unspecified atom stereocenters. The number of benzene rings is 1. The maximum Gasteiger partial charge on any atom is 0.263 e. The fourth-order valence-corrected chi connectivity index (χ4v) is 4.89. The molecule has 5 N–H and O–H groups in total. The lowest BCUT2D eigenvalue weighted by Crippen LogP contribution is -2.37. The monoisotopic (exact) mass is 504 g/mol. The maximum atomic E-state index is 13.2. The molecule has 37 heavy (non-hydrogen) atoms. The average Bonchev–Trinajstić information content (AvgIpc) is 2.91. The fraction of sp³-hybridized carbons (Fsp3) is 0.370. The first-order valence-corrected chi connectivity index (χ1v) is 12.6. The minimum Gasteiger partial charge on any atom is -0.474 e. The van der Waals surface area contributed by atoms with Crippen molar-refractivity contribution in [2.24, 2.45) is 5.92 Å². The van der Waals surface area contributed by atoms with Crippen molar-refractivity contribution in [2.45, 2.75) is 32.8 Å². The maximum absolute atomic E-state index is 13.2. The van der Waals surface area contributed by atoms with Crippen LogP contribution in [0.3, 0.4) is 0 Å². The summed E-state index contributed by atoms with van der Waals surface area (Å²) < 4.78 is 5.58. The number of carbonyl (C=O) groups is 1. The third kappa shape index (κ3) is 5.24. The first kappa shape index (κ1) is 24.6. The highest BCUT2D eigenvalue weighted by molar-refractivity contribution is 6.08. The van der Waals surface area contributed by atoms with Gasteiger partial charge in [-0.3, -0.25) is 9.59 Å². The van der Waals surface area contributed by atoms with Gasteiger partial charge in [0.15, 0.2) is 0 Å². The van der Waals surface area contributed by atoms with Crippen LogP contribution >= 0.6 is 0 Å². The van der Waals surface area contributed by atoms with Crippen LogP contribution < -0.4 is 31.1 Å². The molecule has 0 aliphatic carbocycles. The lowest BCUT2D eigenvalue weighted by molar-refractivity contribution is 0.102. The summed E-state index contributed by atoms with van der Waals surface area (Å²) in [6, 6.07) is 9.25. The second-order valence-corrected chi connectivity index (χ2v) is 9.54. The first-order chi connectivity index (χ1) is 17.9. The van der Waals surface area contributed by atoms with Crippen LogP contribution in [0.2, 0.25) is 0 Å². The normalized spacial score (nSPS) is 16.2. The van der Waals surface area contributed by atoms with E-state index in [2.05, 4.69) is 30.8 Å². The molecule has 2 aliphatic rings. The molecule has 194 valence electrons. The molecule has 2 aliphatic heterocycles. The van der Waals surface area contributed by atoms with E-state index in [9.17, 15) is 14.7 Å². The Morgan fingerprint density at radius 3 is 2.68 bits per heavy atom. The van der Waals surface area contributed by atoms with E-state index in [1.54, 1.807) is 12.3 Å². The summed E-state index contributed by atoms with van der Waals surface area (Å²) in [5.41, 5.74) is 3.86. The standard InChI is InChI=1S/C27H32N6O4/c1-16-22(15-30-27-24(16)28-11-14-37-27)32-21-7-10-29-25(35)23(21)26(36)31-19-3-5-20(6-4-19)33-12-8-18(9-13-33)17(2)34/h3-7,10,15,17-18,28,34H,8-9,11-14H2,1-2H3,(H,31,36)(H2,29,32,35). The van der Waals surface area contributed by atoms with Crippen LogP contribution in [0.15, 0.2) is 47.5 Å². The summed E-state index contributed by atoms with van der Waals surface area (Å²) in [7, 11) is 0. The van der Waals surface area contributed by atoms with Gasteiger partial charge < -0.3 is 35.7 Å². The van der Waals surface area contributed by atoms with Gasteiger partial charge in [0.2, 0.25) is 5.88 Å². The number of hydrogen-bond donors (Lipinski definition) is 5. The fourth-order valence-electron chi connectivity index (χ4n) is 4.89. The van der Waals surface area contributed by atoms with Crippen molar-refractivity contribution in [1.29, 1.82) is 0 Å². The number of aromatic nitrogens is 2. The number of rotatable bonds is 6. The van der Waals surface area contributed by atoms with Crippen molar-refractivity contribution in [3.63, 3.8) is 0 Å². The number of nitrogens with one attached hydrogen (secondary N) is 4. The molecule has 2 aromatic heterocycles. The minimum absolute atomic E-state index is 0.0203. The zero-order chi connectivity index (χ0) is 25.9. The van der Waals surface area contributed by atoms with Gasteiger partial charge in [0.1, 0.15) is 17.9 Å². The molecule has 1 amide bonds. The van der Waals surface area contributed by atoms with Gasteiger partial charge in [0, 0.05) is 42.8 Å². The number of pyridine rings is 2. The van der Waals surface area contributed by atoms with Gasteiger partial charge in [-0.15, -0.1) is 0 Å². The van der Waals surface area contributed by atoms with E-state index in [-0.39, 0.29) is 11.7 Å². The first-order valence-electron chi connectivity index (χ1n) is 12.6. The number of piperidine rings is 1. The van der Waals surface area contributed by atoms with E-state index in [0.29, 0.717) is 42.0 Å². The molecule has 1 fully saturated rings. The highest BCUT2D eigenvalue weighted by Crippen LogP contribution is 2.34. The third-order valence-electron chi connectivity index (χ3n) is 7.12. The van der Waals surface area contributed by atoms with E-state index in [4.69, 9.17) is 4.74 Å². The van der Waals surface area contributed by atoms with Gasteiger partial charge in [-0.05, 0) is 62.9 Å². The molecule has 0 saturated carbocycles. The molecule has 0 spiro atoms. The molecular formula is C27H32N6O4. The summed E-state index contributed by atoms with van der Waals surface area (Å²) in [5.74, 6) is 0.362. The Labute approximate surface area is 215 Å². The number of fused-ring (bicyclic) bond motifs is 1. The van der Waals surface area contributed by atoms with Gasteiger partial charge in [-0.25, -0.2) is 4.98 Å². The van der Waals surface area contributed by atoms with E-state index < -0.39 is 11.5 Å². The van der Waals surface area contributed by atoms with Crippen LogP contribution in [0.25, 0.3) is 0 Å². The van der Waals surface area contributed by atoms with Crippen molar-refractivity contribution >= 4 is 34.3 Å².